The van der Waals surface area contributed by atoms with E-state index in [4.69, 9.17) is 14.3 Å². The zero-order valence-corrected chi connectivity index (χ0v) is 13.9. The summed E-state index contributed by atoms with van der Waals surface area (Å²) < 4.78 is 13.2. The number of ether oxygens (including phenoxy) is 2. The van der Waals surface area contributed by atoms with Crippen LogP contribution in [0.4, 0.5) is 0 Å². The predicted octanol–water partition coefficient (Wildman–Crippen LogP) is 2.55. The van der Waals surface area contributed by atoms with Gasteiger partial charge in [-0.25, -0.2) is 0 Å². The van der Waals surface area contributed by atoms with Crippen LogP contribution < -0.4 is 19.0 Å². The third-order valence-corrected chi connectivity index (χ3v) is 6.72. The maximum Gasteiger partial charge on any atom is 0.291 e. The van der Waals surface area contributed by atoms with Crippen molar-refractivity contribution in [3.63, 3.8) is 0 Å². The average Bonchev–Trinajstić information content (AvgIpc) is 3.16. The van der Waals surface area contributed by atoms with E-state index >= 15 is 0 Å². The van der Waals surface area contributed by atoms with Gasteiger partial charge >= 0.3 is 0 Å². The lowest BCUT2D eigenvalue weighted by molar-refractivity contribution is -0.928. The number of nitrogens with zero attached hydrogens (tertiary/aromatic N) is 1. The van der Waals surface area contributed by atoms with E-state index < -0.39 is 0 Å². The number of hydrogen-bond donors (Lipinski definition) is 0. The summed E-state index contributed by atoms with van der Waals surface area (Å²) in [6.45, 7) is 0. The highest BCUT2D eigenvalue weighted by molar-refractivity contribution is 7.99. The Labute approximate surface area is 139 Å². The molecule has 2 aromatic rings. The first kappa shape index (κ1) is 13.5. The number of aromatic nitrogens is 1. The Morgan fingerprint density at radius 2 is 1.78 bits per heavy atom. The Morgan fingerprint density at radius 3 is 2.52 bits per heavy atom. The number of thioether (sulfide) groups is 1. The minimum atomic E-state index is 0.193. The van der Waals surface area contributed by atoms with E-state index in [9.17, 15) is 0 Å². The quantitative estimate of drug-likeness (QED) is 0.793. The van der Waals surface area contributed by atoms with Crippen LogP contribution >= 0.6 is 11.8 Å². The zero-order valence-electron chi connectivity index (χ0n) is 13.1. The van der Waals surface area contributed by atoms with Gasteiger partial charge in [0.2, 0.25) is 6.20 Å². The Hall–Kier alpha value is -1.88. The largest absolute Gasteiger partial charge is 0.496 e. The summed E-state index contributed by atoms with van der Waals surface area (Å²) in [6.07, 6.45) is 3.30. The second kappa shape index (κ2) is 4.81. The molecule has 5 rings (SSSR count). The van der Waals surface area contributed by atoms with E-state index in [1.54, 1.807) is 14.2 Å². The molecule has 5 heteroatoms. The predicted molar refractivity (Wildman–Crippen MR) is 86.3 cm³/mol. The van der Waals surface area contributed by atoms with Crippen LogP contribution in [-0.4, -0.2) is 25.6 Å². The van der Waals surface area contributed by atoms with Gasteiger partial charge in [0.15, 0.2) is 6.10 Å². The van der Waals surface area contributed by atoms with E-state index in [0.717, 1.165) is 17.9 Å². The lowest BCUT2D eigenvalue weighted by Gasteiger charge is -2.32. The molecule has 1 fully saturated rings. The van der Waals surface area contributed by atoms with Crippen LogP contribution in [0.1, 0.15) is 29.4 Å². The molecule has 2 aliphatic carbocycles. The molecule has 23 heavy (non-hydrogen) atoms. The number of rotatable bonds is 2. The van der Waals surface area contributed by atoms with Gasteiger partial charge in [-0.15, -0.1) is 0 Å². The summed E-state index contributed by atoms with van der Waals surface area (Å²) in [4.78, 5) is 6.32. The van der Waals surface area contributed by atoms with Crippen molar-refractivity contribution in [2.24, 2.45) is 0 Å². The van der Waals surface area contributed by atoms with Crippen molar-refractivity contribution in [2.45, 2.75) is 34.6 Å². The van der Waals surface area contributed by atoms with Crippen molar-refractivity contribution in [2.75, 3.05) is 14.2 Å². The summed E-state index contributed by atoms with van der Waals surface area (Å²) in [5, 5.41) is 1.61. The van der Waals surface area contributed by atoms with Gasteiger partial charge in [0.25, 0.3) is 5.03 Å². The van der Waals surface area contributed by atoms with Crippen LogP contribution in [0.25, 0.3) is 0 Å². The molecule has 4 nitrogen and oxygen atoms in total. The molecule has 1 aromatic heterocycles. The smallest absolute Gasteiger partial charge is 0.291 e. The molecule has 2 bridgehead atoms. The standard InChI is InChI=1S/C18H18NO3S/c1-20-12-6-7-13(21-2)16-11-9-10(15(12)16)17-18(11)23-14-5-3-4-8-19(14)22-17/h3-8,10-11,17-18H,9H2,1-2H3/q+1/t10-,11+,17-,18+/m0/s1. The van der Waals surface area contributed by atoms with Crippen molar-refractivity contribution in [1.82, 2.24) is 0 Å². The molecule has 118 valence electrons. The van der Waals surface area contributed by atoms with E-state index in [0.29, 0.717) is 17.1 Å². The van der Waals surface area contributed by atoms with Crippen LogP contribution in [0, 0.1) is 0 Å². The van der Waals surface area contributed by atoms with Gasteiger partial charge < -0.3 is 9.47 Å². The van der Waals surface area contributed by atoms with Gasteiger partial charge in [0.05, 0.1) is 19.5 Å². The third-order valence-electron chi connectivity index (χ3n) is 5.29. The molecule has 0 spiro atoms. The van der Waals surface area contributed by atoms with Gasteiger partial charge in [0.1, 0.15) is 11.5 Å². The fourth-order valence-electron chi connectivity index (χ4n) is 4.43. The van der Waals surface area contributed by atoms with E-state index in [2.05, 4.69) is 12.1 Å². The molecular weight excluding hydrogens is 310 g/mol. The molecule has 1 saturated carbocycles. The van der Waals surface area contributed by atoms with Crippen LogP contribution in [0.2, 0.25) is 0 Å². The molecule has 0 N–H and O–H groups in total. The van der Waals surface area contributed by atoms with E-state index in [-0.39, 0.29) is 6.10 Å². The van der Waals surface area contributed by atoms with Crippen molar-refractivity contribution >= 4 is 11.8 Å². The minimum absolute atomic E-state index is 0.193. The first-order valence-electron chi connectivity index (χ1n) is 7.91. The lowest BCUT2D eigenvalue weighted by Crippen LogP contribution is -2.57. The van der Waals surface area contributed by atoms with Crippen molar-refractivity contribution < 1.29 is 19.0 Å². The Kier molecular flexibility index (Phi) is 2.83. The van der Waals surface area contributed by atoms with Crippen LogP contribution in [0.3, 0.4) is 0 Å². The average molecular weight is 328 g/mol. The number of pyridine rings is 1. The highest BCUT2D eigenvalue weighted by Crippen LogP contribution is 2.62. The first-order chi connectivity index (χ1) is 11.3. The van der Waals surface area contributed by atoms with Gasteiger partial charge in [-0.1, -0.05) is 0 Å². The van der Waals surface area contributed by atoms with Gasteiger partial charge in [0, 0.05) is 39.8 Å². The summed E-state index contributed by atoms with van der Waals surface area (Å²) in [6, 6.07) is 10.2. The number of fused-ring (bicyclic) bond motifs is 9. The topological polar surface area (TPSA) is 31.6 Å². The van der Waals surface area contributed by atoms with Crippen molar-refractivity contribution in [3.05, 3.63) is 47.7 Å². The van der Waals surface area contributed by atoms with Crippen LogP contribution in [-0.2, 0) is 0 Å². The Bertz CT molecular complexity index is 730. The molecule has 3 aliphatic rings. The fraction of sp³-hybridized carbons (Fsp3) is 0.389. The number of methoxy groups -OCH3 is 2. The summed E-state index contributed by atoms with van der Waals surface area (Å²) in [5.41, 5.74) is 2.62. The molecule has 0 unspecified atom stereocenters. The molecule has 1 aliphatic heterocycles. The normalized spacial score (nSPS) is 29.3. The van der Waals surface area contributed by atoms with Gasteiger partial charge in [-0.2, -0.15) is 0 Å². The van der Waals surface area contributed by atoms with Gasteiger partial charge in [-0.3, -0.25) is 4.84 Å². The molecule has 0 radical (unpaired) electrons. The van der Waals surface area contributed by atoms with Crippen molar-refractivity contribution in [1.29, 1.82) is 0 Å². The lowest BCUT2D eigenvalue weighted by atomic mass is 9.88. The number of hydrogen-bond acceptors (Lipinski definition) is 4. The third kappa shape index (κ3) is 1.71. The maximum atomic E-state index is 6.32. The SMILES string of the molecule is COc1ccc(OC)c2c1[C@H]1C[C@@H]2[C@@H]2O[n+]3ccccc3S[C@@H]21. The van der Waals surface area contributed by atoms with E-state index in [1.807, 2.05) is 40.9 Å². The minimum Gasteiger partial charge on any atom is -0.496 e. The molecule has 0 saturated heterocycles. The highest BCUT2D eigenvalue weighted by Gasteiger charge is 2.59. The second-order valence-electron chi connectivity index (χ2n) is 6.26. The van der Waals surface area contributed by atoms with Crippen molar-refractivity contribution in [3.8, 4) is 11.5 Å². The molecule has 2 heterocycles. The Morgan fingerprint density at radius 1 is 1.04 bits per heavy atom. The highest BCUT2D eigenvalue weighted by atomic mass is 32.2. The fourth-order valence-corrected chi connectivity index (χ4v) is 5.85. The van der Waals surface area contributed by atoms with Crippen LogP contribution in [0.5, 0.6) is 11.5 Å². The van der Waals surface area contributed by atoms with Gasteiger partial charge in [-0.05, 0) is 36.4 Å². The second-order valence-corrected chi connectivity index (χ2v) is 7.46. The van der Waals surface area contributed by atoms with E-state index in [1.165, 1.54) is 16.2 Å². The van der Waals surface area contributed by atoms with Crippen LogP contribution in [0.15, 0.2) is 41.6 Å². The molecular formula is C18H18NO3S+. The maximum absolute atomic E-state index is 6.32. The molecule has 4 atom stereocenters. The number of benzene rings is 1. The summed E-state index contributed by atoms with van der Waals surface area (Å²) in [7, 11) is 3.49. The Balaban J connectivity index is 1.64. The zero-order chi connectivity index (χ0) is 15.6. The molecule has 0 amide bonds. The summed E-state index contributed by atoms with van der Waals surface area (Å²) >= 11 is 1.93. The monoisotopic (exact) mass is 328 g/mol. The molecule has 1 aromatic carbocycles. The summed E-state index contributed by atoms with van der Waals surface area (Å²) in [5.74, 6) is 2.78. The first-order valence-corrected chi connectivity index (χ1v) is 8.79.